The summed E-state index contributed by atoms with van der Waals surface area (Å²) in [5, 5.41) is 9.95. The molecule has 4 aromatic rings. The first-order chi connectivity index (χ1) is 25.9. The van der Waals surface area contributed by atoms with E-state index in [0.717, 1.165) is 42.2 Å². The Labute approximate surface area is 310 Å². The van der Waals surface area contributed by atoms with Crippen molar-refractivity contribution in [1.29, 1.82) is 0 Å². The van der Waals surface area contributed by atoms with Crippen LogP contribution in [0, 0.1) is 12.4 Å². The van der Waals surface area contributed by atoms with Crippen LogP contribution in [0.25, 0.3) is 4.85 Å². The van der Waals surface area contributed by atoms with Gasteiger partial charge in [0.25, 0.3) is 0 Å². The summed E-state index contributed by atoms with van der Waals surface area (Å²) in [4.78, 5) is 38.4. The van der Waals surface area contributed by atoms with Gasteiger partial charge in [-0.1, -0.05) is 48.9 Å². The summed E-state index contributed by atoms with van der Waals surface area (Å²) in [6.07, 6.45) is 5.53. The summed E-state index contributed by atoms with van der Waals surface area (Å²) < 4.78 is 24.5. The van der Waals surface area contributed by atoms with E-state index in [2.05, 4.69) is 52.8 Å². The normalized spacial score (nSPS) is 14.5. The van der Waals surface area contributed by atoms with Crippen molar-refractivity contribution in [2.75, 3.05) is 62.5 Å². The number of ketones is 1. The SMILES string of the molecule is [C-]#[N+]c1ccc(C[C@H](Nc2nc(NCC3=Nc4cc(F)ccc4C3)nc(Nc3cccc(CN4CCCCC4)c3)n2)C(=O)CCCOCCOC)cc1. The Morgan fingerprint density at radius 2 is 1.75 bits per heavy atom. The first kappa shape index (κ1) is 37.5. The Morgan fingerprint density at radius 1 is 0.943 bits per heavy atom. The maximum atomic E-state index is 13.8. The van der Waals surface area contributed by atoms with Gasteiger partial charge in [-0.2, -0.15) is 15.0 Å². The van der Waals surface area contributed by atoms with Crippen LogP contribution in [0.3, 0.4) is 0 Å². The van der Waals surface area contributed by atoms with Gasteiger partial charge in [0, 0.05) is 44.5 Å². The van der Waals surface area contributed by atoms with Gasteiger partial charge in [-0.25, -0.2) is 9.24 Å². The minimum atomic E-state index is -0.660. The molecule has 1 saturated heterocycles. The molecule has 13 heteroatoms. The van der Waals surface area contributed by atoms with Gasteiger partial charge >= 0.3 is 0 Å². The lowest BCUT2D eigenvalue weighted by Gasteiger charge is -2.26. The van der Waals surface area contributed by atoms with Crippen molar-refractivity contribution in [1.82, 2.24) is 19.9 Å². The number of halogens is 1. The van der Waals surface area contributed by atoms with Crippen molar-refractivity contribution in [2.45, 2.75) is 57.5 Å². The highest BCUT2D eigenvalue weighted by molar-refractivity contribution is 5.96. The third-order valence-electron chi connectivity index (χ3n) is 9.19. The van der Waals surface area contributed by atoms with Crippen LogP contribution in [0.1, 0.15) is 48.8 Å². The molecular formula is C40H46FN9O3. The van der Waals surface area contributed by atoms with Gasteiger partial charge < -0.3 is 25.4 Å². The number of benzene rings is 3. The van der Waals surface area contributed by atoms with Crippen LogP contribution in [0.2, 0.25) is 0 Å². The molecule has 0 bridgehead atoms. The molecule has 0 radical (unpaired) electrons. The lowest BCUT2D eigenvalue weighted by atomic mass is 9.99. The number of carbonyl (C=O) groups is 1. The maximum absolute atomic E-state index is 13.8. The number of fused-ring (bicyclic) bond motifs is 1. The third-order valence-corrected chi connectivity index (χ3v) is 9.19. The molecular weight excluding hydrogens is 673 g/mol. The van der Waals surface area contributed by atoms with E-state index in [1.165, 1.54) is 37.0 Å². The molecule has 2 aliphatic heterocycles. The van der Waals surface area contributed by atoms with Crippen LogP contribution in [0.5, 0.6) is 0 Å². The number of aliphatic imine (C=N–C) groups is 1. The van der Waals surface area contributed by atoms with Crippen LogP contribution in [0.15, 0.2) is 71.7 Å². The summed E-state index contributed by atoms with van der Waals surface area (Å²) in [5.74, 6) is 0.475. The molecule has 0 aliphatic carbocycles. The number of aromatic nitrogens is 3. The second-order valence-electron chi connectivity index (χ2n) is 13.3. The number of rotatable bonds is 19. The molecule has 0 saturated carbocycles. The molecule has 3 heterocycles. The molecule has 53 heavy (non-hydrogen) atoms. The number of piperidine rings is 1. The van der Waals surface area contributed by atoms with Crippen LogP contribution < -0.4 is 16.0 Å². The summed E-state index contributed by atoms with van der Waals surface area (Å²) in [6, 6.07) is 19.4. The van der Waals surface area contributed by atoms with E-state index in [1.807, 2.05) is 24.3 Å². The van der Waals surface area contributed by atoms with Crippen molar-refractivity contribution in [3.63, 3.8) is 0 Å². The predicted molar refractivity (Wildman–Crippen MR) is 205 cm³/mol. The van der Waals surface area contributed by atoms with Gasteiger partial charge in [0.1, 0.15) is 5.82 Å². The largest absolute Gasteiger partial charge is 0.382 e. The topological polar surface area (TPSA) is 130 Å². The maximum Gasteiger partial charge on any atom is 0.233 e. The molecule has 0 spiro atoms. The number of ether oxygens (including phenoxy) is 2. The second-order valence-corrected chi connectivity index (χ2v) is 13.3. The fraction of sp³-hybridized carbons (Fsp3) is 0.400. The van der Waals surface area contributed by atoms with E-state index in [9.17, 15) is 9.18 Å². The number of carbonyl (C=O) groups excluding carboxylic acids is 1. The van der Waals surface area contributed by atoms with E-state index in [1.54, 1.807) is 25.3 Å². The minimum Gasteiger partial charge on any atom is -0.382 e. The molecule has 6 rings (SSSR count). The molecule has 1 atom stereocenters. The molecule has 1 aromatic heterocycles. The minimum absolute atomic E-state index is 0.0188. The number of likely N-dealkylation sites (tertiary alicyclic amines) is 1. The zero-order valence-corrected chi connectivity index (χ0v) is 30.1. The smallest absolute Gasteiger partial charge is 0.233 e. The first-order valence-electron chi connectivity index (χ1n) is 18.2. The van der Waals surface area contributed by atoms with Gasteiger partial charge in [-0.3, -0.25) is 14.7 Å². The van der Waals surface area contributed by atoms with Crippen LogP contribution >= 0.6 is 0 Å². The lowest BCUT2D eigenvalue weighted by Crippen LogP contribution is -2.33. The zero-order valence-electron chi connectivity index (χ0n) is 30.1. The predicted octanol–water partition coefficient (Wildman–Crippen LogP) is 7.07. The van der Waals surface area contributed by atoms with Crippen molar-refractivity contribution < 1.29 is 18.7 Å². The molecule has 12 nitrogen and oxygen atoms in total. The average molecular weight is 720 g/mol. The summed E-state index contributed by atoms with van der Waals surface area (Å²) in [5.41, 5.74) is 5.86. The van der Waals surface area contributed by atoms with E-state index >= 15 is 0 Å². The van der Waals surface area contributed by atoms with Gasteiger partial charge in [0.05, 0.1) is 38.1 Å². The molecule has 3 aromatic carbocycles. The Bertz CT molecular complexity index is 1910. The third kappa shape index (κ3) is 11.3. The Balaban J connectivity index is 1.22. The Hall–Kier alpha value is -5.29. The quantitative estimate of drug-likeness (QED) is 0.0684. The molecule has 2 aliphatic rings. The zero-order chi connectivity index (χ0) is 36.8. The molecule has 1 fully saturated rings. The van der Waals surface area contributed by atoms with E-state index < -0.39 is 6.04 Å². The van der Waals surface area contributed by atoms with Crippen LogP contribution in [-0.2, 0) is 33.7 Å². The van der Waals surface area contributed by atoms with Crippen LogP contribution in [0.4, 0.5) is 39.3 Å². The first-order valence-corrected chi connectivity index (χ1v) is 18.2. The monoisotopic (exact) mass is 719 g/mol. The number of Topliss-reactive ketones (excluding diaryl/α,β-unsaturated/α-hetero) is 1. The number of methoxy groups -OCH3 is 1. The Morgan fingerprint density at radius 3 is 2.57 bits per heavy atom. The highest BCUT2D eigenvalue weighted by Gasteiger charge is 2.22. The van der Waals surface area contributed by atoms with Crippen molar-refractivity contribution >= 4 is 46.4 Å². The van der Waals surface area contributed by atoms with Gasteiger partial charge in [0.2, 0.25) is 17.8 Å². The molecule has 0 amide bonds. The molecule has 276 valence electrons. The number of nitrogens with one attached hydrogen (secondary N) is 3. The molecule has 3 N–H and O–H groups in total. The van der Waals surface area contributed by atoms with Crippen molar-refractivity contribution in [3.8, 4) is 0 Å². The standard InChI is InChI=1S/C40H46FN9O3/c1-42-32-15-11-28(12-16-32)23-36(37(51)10-7-19-53-21-20-52-2)46-40-48-38(43-26-34-24-30-13-14-31(41)25-35(30)44-34)47-39(49-40)45-33-9-6-8-29(22-33)27-50-17-4-3-5-18-50/h6,8-9,11-16,22,25,36H,3-5,7,10,17-21,23-24,26-27H2,2H3,(H3,43,45,46,47,48,49)/t36-/m0/s1. The number of anilines is 4. The number of hydrogen-bond acceptors (Lipinski definition) is 11. The van der Waals surface area contributed by atoms with E-state index in [0.29, 0.717) is 68.9 Å². The fourth-order valence-electron chi connectivity index (χ4n) is 6.44. The summed E-state index contributed by atoms with van der Waals surface area (Å²) >= 11 is 0. The van der Waals surface area contributed by atoms with Gasteiger partial charge in [0.15, 0.2) is 11.5 Å². The van der Waals surface area contributed by atoms with Crippen molar-refractivity contribution in [3.05, 3.63) is 101 Å². The fourth-order valence-corrected chi connectivity index (χ4v) is 6.44. The summed E-state index contributed by atoms with van der Waals surface area (Å²) in [7, 11) is 1.62. The Kier molecular flexibility index (Phi) is 13.4. The number of hydrogen-bond donors (Lipinski definition) is 3. The molecule has 0 unspecified atom stereocenters. The van der Waals surface area contributed by atoms with Gasteiger partial charge in [-0.05, 0) is 79.7 Å². The number of nitrogens with zero attached hydrogens (tertiary/aromatic N) is 6. The highest BCUT2D eigenvalue weighted by atomic mass is 19.1. The van der Waals surface area contributed by atoms with E-state index in [4.69, 9.17) is 21.0 Å². The van der Waals surface area contributed by atoms with E-state index in [-0.39, 0.29) is 24.0 Å². The second kappa shape index (κ2) is 19.0. The summed E-state index contributed by atoms with van der Waals surface area (Å²) in [6.45, 7) is 12.1. The van der Waals surface area contributed by atoms with Gasteiger partial charge in [-0.15, -0.1) is 0 Å². The van der Waals surface area contributed by atoms with Crippen molar-refractivity contribution in [2.24, 2.45) is 4.99 Å². The highest BCUT2D eigenvalue weighted by Crippen LogP contribution is 2.28. The lowest BCUT2D eigenvalue weighted by molar-refractivity contribution is -0.120. The van der Waals surface area contributed by atoms with Crippen LogP contribution in [-0.4, -0.2) is 84.0 Å². The average Bonchev–Trinajstić information content (AvgIpc) is 3.58.